The number of nitrogens with one attached hydrogen (secondary N) is 4. The van der Waals surface area contributed by atoms with Crippen LogP contribution in [0.5, 0.6) is 0 Å². The predicted octanol–water partition coefficient (Wildman–Crippen LogP) is -3.89. The Morgan fingerprint density at radius 1 is 0.741 bits per heavy atom. The molecule has 0 spiro atoms. The summed E-state index contributed by atoms with van der Waals surface area (Å²) in [5, 5.41) is 38.8. The lowest BCUT2D eigenvalue weighted by Crippen LogP contribution is -2.59. The third kappa shape index (κ3) is 15.9. The molecule has 0 aromatic carbocycles. The fourth-order valence-electron chi connectivity index (χ4n) is 6.73. The quantitative estimate of drug-likeness (QED) is 0.0225. The number of aliphatic hydroxyl groups is 1. The molecule has 58 heavy (non-hydrogen) atoms. The van der Waals surface area contributed by atoms with Crippen molar-refractivity contribution in [1.29, 1.82) is 0 Å². The first-order valence-electron chi connectivity index (χ1n) is 19.4. The minimum atomic E-state index is -1.43. The van der Waals surface area contributed by atoms with Gasteiger partial charge in [0.15, 0.2) is 5.96 Å². The van der Waals surface area contributed by atoms with Gasteiger partial charge in [-0.2, -0.15) is 11.8 Å². The van der Waals surface area contributed by atoms with Gasteiger partial charge in [-0.25, -0.2) is 4.79 Å². The van der Waals surface area contributed by atoms with E-state index >= 15 is 0 Å². The second kappa shape index (κ2) is 25.6. The van der Waals surface area contributed by atoms with Gasteiger partial charge in [0, 0.05) is 26.1 Å². The SMILES string of the molecule is CSCC[C@H](NC(=O)[C@H](CCC(=O)O)NC(=O)[C@@H]1CCCN1C(=O)[C@@H](N)CO)C(=O)N[C@@H](CCCCN)C(=O)N1CCC[C@H]1C(=O)N[C@@H](CCCN=C(N)N)C(=O)O. The smallest absolute Gasteiger partial charge is 0.326 e. The van der Waals surface area contributed by atoms with Crippen LogP contribution in [-0.4, -0.2) is 166 Å². The second-order valence-corrected chi connectivity index (χ2v) is 15.2. The number of guanidine groups is 1. The van der Waals surface area contributed by atoms with E-state index in [-0.39, 0.29) is 70.5 Å². The lowest BCUT2D eigenvalue weighted by atomic mass is 10.0. The zero-order valence-corrected chi connectivity index (χ0v) is 33.8. The molecule has 328 valence electrons. The van der Waals surface area contributed by atoms with Gasteiger partial charge in [0.1, 0.15) is 42.3 Å². The maximum atomic E-state index is 14.1. The molecule has 22 nitrogen and oxygen atoms in total. The number of carboxylic acid groups (broad SMARTS) is 2. The van der Waals surface area contributed by atoms with E-state index in [0.717, 1.165) is 0 Å². The first kappa shape index (κ1) is 49.4. The number of hydrogen-bond acceptors (Lipinski definition) is 13. The van der Waals surface area contributed by atoms with E-state index in [1.807, 2.05) is 0 Å². The third-order valence-electron chi connectivity index (χ3n) is 9.84. The molecule has 0 bridgehead atoms. The molecule has 15 N–H and O–H groups in total. The van der Waals surface area contributed by atoms with Gasteiger partial charge in [-0.15, -0.1) is 0 Å². The van der Waals surface area contributed by atoms with Crippen LogP contribution in [0.15, 0.2) is 4.99 Å². The van der Waals surface area contributed by atoms with Crippen molar-refractivity contribution >= 4 is 65.1 Å². The van der Waals surface area contributed by atoms with Gasteiger partial charge in [-0.3, -0.25) is 38.6 Å². The fraction of sp³-hybridized carbons (Fsp3) is 0.743. The Kier molecular flexibility index (Phi) is 21.8. The molecule has 7 atom stereocenters. The predicted molar refractivity (Wildman–Crippen MR) is 213 cm³/mol. The van der Waals surface area contributed by atoms with Crippen LogP contribution >= 0.6 is 11.8 Å². The minimum absolute atomic E-state index is 0.0261. The van der Waals surface area contributed by atoms with Crippen molar-refractivity contribution in [1.82, 2.24) is 31.1 Å². The van der Waals surface area contributed by atoms with Crippen LogP contribution in [0.3, 0.4) is 0 Å². The van der Waals surface area contributed by atoms with E-state index in [9.17, 15) is 53.7 Å². The van der Waals surface area contributed by atoms with Crippen LogP contribution in [-0.2, 0) is 38.4 Å². The van der Waals surface area contributed by atoms with Gasteiger partial charge >= 0.3 is 11.9 Å². The number of rotatable bonds is 26. The summed E-state index contributed by atoms with van der Waals surface area (Å²) in [6.45, 7) is 0.165. The fourth-order valence-corrected chi connectivity index (χ4v) is 7.20. The van der Waals surface area contributed by atoms with E-state index in [2.05, 4.69) is 26.3 Å². The second-order valence-electron chi connectivity index (χ2n) is 14.2. The van der Waals surface area contributed by atoms with Crippen molar-refractivity contribution in [3.05, 3.63) is 0 Å². The number of likely N-dealkylation sites (tertiary alicyclic amines) is 2. The number of unbranched alkanes of at least 4 members (excludes halogenated alkanes) is 1. The Labute approximate surface area is 341 Å². The van der Waals surface area contributed by atoms with Crippen molar-refractivity contribution in [2.45, 2.75) is 119 Å². The van der Waals surface area contributed by atoms with Gasteiger partial charge in [0.25, 0.3) is 0 Å². The number of nitrogens with two attached hydrogens (primary N) is 4. The topological polar surface area (TPSA) is 368 Å². The molecule has 0 unspecified atom stereocenters. The van der Waals surface area contributed by atoms with Crippen molar-refractivity contribution in [2.75, 3.05) is 44.8 Å². The Balaban J connectivity index is 2.27. The van der Waals surface area contributed by atoms with E-state index in [0.29, 0.717) is 38.0 Å². The van der Waals surface area contributed by atoms with Gasteiger partial charge in [-0.05, 0) is 89.2 Å². The zero-order chi connectivity index (χ0) is 43.4. The van der Waals surface area contributed by atoms with Crippen LogP contribution in [0.2, 0.25) is 0 Å². The highest BCUT2D eigenvalue weighted by Gasteiger charge is 2.41. The molecule has 2 aliphatic heterocycles. The highest BCUT2D eigenvalue weighted by Crippen LogP contribution is 2.22. The highest BCUT2D eigenvalue weighted by atomic mass is 32.2. The molecule has 2 saturated heterocycles. The number of aliphatic imine (C=N–C) groups is 1. The molecule has 0 radical (unpaired) electrons. The Morgan fingerprint density at radius 3 is 1.79 bits per heavy atom. The molecular weight excluding hydrogens is 783 g/mol. The van der Waals surface area contributed by atoms with E-state index in [1.165, 1.54) is 21.6 Å². The van der Waals surface area contributed by atoms with Crippen molar-refractivity contribution in [2.24, 2.45) is 27.9 Å². The maximum absolute atomic E-state index is 14.1. The van der Waals surface area contributed by atoms with Gasteiger partial charge in [0.2, 0.25) is 35.4 Å². The van der Waals surface area contributed by atoms with E-state index in [4.69, 9.17) is 22.9 Å². The van der Waals surface area contributed by atoms with E-state index < -0.39 is 103 Å². The van der Waals surface area contributed by atoms with Crippen LogP contribution in [0.4, 0.5) is 0 Å². The molecule has 6 amide bonds. The summed E-state index contributed by atoms with van der Waals surface area (Å²) in [7, 11) is 0. The lowest BCUT2D eigenvalue weighted by molar-refractivity contribution is -0.145. The largest absolute Gasteiger partial charge is 0.481 e. The maximum Gasteiger partial charge on any atom is 0.326 e. The van der Waals surface area contributed by atoms with Gasteiger partial charge < -0.3 is 69.3 Å². The normalized spacial score (nSPS) is 18.9. The molecule has 2 aliphatic rings. The number of aliphatic carboxylic acids is 2. The highest BCUT2D eigenvalue weighted by molar-refractivity contribution is 7.98. The molecule has 2 rings (SSSR count). The summed E-state index contributed by atoms with van der Waals surface area (Å²) in [5.41, 5.74) is 22.0. The molecule has 23 heteroatoms. The van der Waals surface area contributed by atoms with Crippen molar-refractivity contribution < 1.29 is 53.7 Å². The lowest BCUT2D eigenvalue weighted by Gasteiger charge is -2.31. The van der Waals surface area contributed by atoms with Crippen molar-refractivity contribution in [3.63, 3.8) is 0 Å². The summed E-state index contributed by atoms with van der Waals surface area (Å²) in [4.78, 5) is 111. The molecule has 0 aromatic rings. The first-order valence-corrected chi connectivity index (χ1v) is 20.8. The summed E-state index contributed by atoms with van der Waals surface area (Å²) < 4.78 is 0. The monoisotopic (exact) mass is 843 g/mol. The van der Waals surface area contributed by atoms with Crippen LogP contribution in [0.1, 0.15) is 77.0 Å². The average molecular weight is 844 g/mol. The number of aliphatic hydroxyl groups excluding tert-OH is 1. The summed E-state index contributed by atoms with van der Waals surface area (Å²) in [5.74, 6) is -6.55. The molecule has 2 heterocycles. The van der Waals surface area contributed by atoms with Crippen LogP contribution in [0, 0.1) is 0 Å². The number of amides is 6. The number of carboxylic acids is 2. The third-order valence-corrected chi connectivity index (χ3v) is 10.5. The Morgan fingerprint density at radius 2 is 1.28 bits per heavy atom. The van der Waals surface area contributed by atoms with Crippen molar-refractivity contribution in [3.8, 4) is 0 Å². The number of hydrogen-bond donors (Lipinski definition) is 11. The van der Waals surface area contributed by atoms with Crippen LogP contribution in [0.25, 0.3) is 0 Å². The minimum Gasteiger partial charge on any atom is -0.481 e. The molecule has 0 aromatic heterocycles. The molecule has 0 saturated carbocycles. The zero-order valence-electron chi connectivity index (χ0n) is 32.9. The van der Waals surface area contributed by atoms with E-state index in [1.54, 1.807) is 6.26 Å². The summed E-state index contributed by atoms with van der Waals surface area (Å²) in [6.07, 6.45) is 3.72. The average Bonchev–Trinajstić information content (AvgIpc) is 3.88. The van der Waals surface area contributed by atoms with Gasteiger partial charge in [-0.1, -0.05) is 0 Å². The number of carbonyl (C=O) groups excluding carboxylic acids is 6. The summed E-state index contributed by atoms with van der Waals surface area (Å²) >= 11 is 1.37. The number of thioether (sulfide) groups is 1. The van der Waals surface area contributed by atoms with Gasteiger partial charge in [0.05, 0.1) is 6.61 Å². The molecule has 0 aliphatic carbocycles. The Hall–Kier alpha value is -4.74. The standard InChI is InChI=1S/C35H61N11O11S/c1-58-18-13-22(41-28(50)21(11-12-27(48)49)42-30(52)25-9-5-16-45(25)32(54)20(37)19-47)29(51)43-23(7-2-3-14-36)33(55)46-17-6-10-26(46)31(53)44-24(34(56)57)8-4-15-40-35(38)39/h20-26,47H,2-19,36-37H2,1H3,(H,41,50)(H,42,52)(H,43,51)(H,44,53)(H,48,49)(H,56,57)(H4,38,39,40)/t20-,21-,22-,23-,24-,25-,26-/m0/s1. The number of carbonyl (C=O) groups is 8. The molecular formula is C35H61N11O11S. The molecule has 2 fully saturated rings. The first-order chi connectivity index (χ1) is 27.6. The summed E-state index contributed by atoms with van der Waals surface area (Å²) in [6, 6.07) is -8.39. The van der Waals surface area contributed by atoms with Crippen LogP contribution < -0.4 is 44.2 Å². The number of nitrogens with zero attached hydrogens (tertiary/aromatic N) is 3. The Bertz CT molecular complexity index is 1470.